The predicted octanol–water partition coefficient (Wildman–Crippen LogP) is 3.16. The van der Waals surface area contributed by atoms with Crippen molar-refractivity contribution in [1.82, 2.24) is 10.2 Å². The van der Waals surface area contributed by atoms with Gasteiger partial charge >= 0.3 is 0 Å². The molecule has 1 spiro atoms. The second-order valence-corrected chi connectivity index (χ2v) is 11.4. The average molecular weight is 560 g/mol. The molecule has 0 aromatic heterocycles. The number of rotatable bonds is 7. The molecule has 2 saturated heterocycles. The maximum atomic E-state index is 14.3. The van der Waals surface area contributed by atoms with Gasteiger partial charge in [-0.05, 0) is 42.7 Å². The lowest BCUT2D eigenvalue weighted by atomic mass is 9.74. The van der Waals surface area contributed by atoms with Gasteiger partial charge in [0.2, 0.25) is 24.5 Å². The molecule has 5 atom stereocenters. The molecule has 0 unspecified atom stereocenters. The molecule has 10 heteroatoms. The Morgan fingerprint density at radius 2 is 1.88 bits per heavy atom. The molecule has 2 aromatic rings. The van der Waals surface area contributed by atoms with Crippen LogP contribution in [0, 0.1) is 11.8 Å². The van der Waals surface area contributed by atoms with Crippen LogP contribution in [0.1, 0.15) is 37.7 Å². The first-order chi connectivity index (χ1) is 20.0. The molecule has 0 radical (unpaired) electrons. The van der Waals surface area contributed by atoms with Crippen LogP contribution in [0.4, 0.5) is 5.69 Å². The minimum Gasteiger partial charge on any atom is -0.497 e. The summed E-state index contributed by atoms with van der Waals surface area (Å²) in [6.45, 7) is 0.311. The lowest BCUT2D eigenvalue weighted by Crippen LogP contribution is -2.56. The average Bonchev–Trinajstić information content (AvgIpc) is 3.74. The SMILES string of the molecule is COc1cccc(NC(=O)[C@H]2[C@@H]3C=C[C@]4(O3)[C@@H]2C(=O)N(Cc2ccc3c(c2)OCO3)[C@@H]4C(=O)NC2CCCCC2)c1. The number of ether oxygens (including phenoxy) is 4. The third-order valence-electron chi connectivity index (χ3n) is 9.00. The Labute approximate surface area is 238 Å². The van der Waals surface area contributed by atoms with Gasteiger partial charge in [-0.15, -0.1) is 0 Å². The van der Waals surface area contributed by atoms with Gasteiger partial charge in [0.05, 0.1) is 25.0 Å². The van der Waals surface area contributed by atoms with Crippen molar-refractivity contribution < 1.29 is 33.3 Å². The van der Waals surface area contributed by atoms with Crippen LogP contribution in [0.5, 0.6) is 17.2 Å². The maximum absolute atomic E-state index is 14.3. The van der Waals surface area contributed by atoms with Gasteiger partial charge in [0.25, 0.3) is 0 Å². The quantitative estimate of drug-likeness (QED) is 0.501. The molecule has 7 rings (SSSR count). The van der Waals surface area contributed by atoms with Crippen LogP contribution >= 0.6 is 0 Å². The molecular weight excluding hydrogens is 526 g/mol. The maximum Gasteiger partial charge on any atom is 0.246 e. The van der Waals surface area contributed by atoms with E-state index in [9.17, 15) is 14.4 Å². The van der Waals surface area contributed by atoms with E-state index >= 15 is 0 Å². The van der Waals surface area contributed by atoms with Gasteiger partial charge in [-0.2, -0.15) is 0 Å². The zero-order valence-corrected chi connectivity index (χ0v) is 22.8. The molecule has 4 heterocycles. The van der Waals surface area contributed by atoms with E-state index in [2.05, 4.69) is 10.6 Å². The Kier molecular flexibility index (Phi) is 6.37. The number of likely N-dealkylation sites (tertiary alicyclic amines) is 1. The van der Waals surface area contributed by atoms with Crippen LogP contribution in [0.3, 0.4) is 0 Å². The summed E-state index contributed by atoms with van der Waals surface area (Å²) in [4.78, 5) is 43.6. The first-order valence-electron chi connectivity index (χ1n) is 14.3. The summed E-state index contributed by atoms with van der Waals surface area (Å²) in [5.74, 6) is -0.619. The number of methoxy groups -OCH3 is 1. The number of nitrogens with one attached hydrogen (secondary N) is 2. The van der Waals surface area contributed by atoms with E-state index in [1.165, 1.54) is 0 Å². The number of carbonyl (C=O) groups excluding carboxylic acids is 3. The van der Waals surface area contributed by atoms with E-state index in [0.717, 1.165) is 37.7 Å². The van der Waals surface area contributed by atoms with Crippen molar-refractivity contribution in [2.45, 2.75) is 62.4 Å². The fraction of sp³-hybridized carbons (Fsp3) is 0.452. The van der Waals surface area contributed by atoms with Crippen LogP contribution < -0.4 is 24.8 Å². The summed E-state index contributed by atoms with van der Waals surface area (Å²) in [6, 6.07) is 11.7. The van der Waals surface area contributed by atoms with Gasteiger partial charge in [0, 0.05) is 24.3 Å². The van der Waals surface area contributed by atoms with Crippen molar-refractivity contribution in [3.63, 3.8) is 0 Å². The van der Waals surface area contributed by atoms with Gasteiger partial charge in [-0.3, -0.25) is 14.4 Å². The van der Waals surface area contributed by atoms with Crippen LogP contribution in [0.15, 0.2) is 54.6 Å². The summed E-state index contributed by atoms with van der Waals surface area (Å²) < 4.78 is 22.7. The molecule has 41 heavy (non-hydrogen) atoms. The molecule has 3 fully saturated rings. The summed E-state index contributed by atoms with van der Waals surface area (Å²) in [5, 5.41) is 6.16. The monoisotopic (exact) mass is 559 g/mol. The van der Waals surface area contributed by atoms with Crippen molar-refractivity contribution in [3.8, 4) is 17.2 Å². The second kappa shape index (κ2) is 10.1. The highest BCUT2D eigenvalue weighted by Crippen LogP contribution is 2.55. The van der Waals surface area contributed by atoms with Crippen molar-refractivity contribution >= 4 is 23.4 Å². The summed E-state index contributed by atoms with van der Waals surface area (Å²) >= 11 is 0. The number of carbonyl (C=O) groups is 3. The fourth-order valence-electron chi connectivity index (χ4n) is 7.13. The number of hydrogen-bond donors (Lipinski definition) is 2. The van der Waals surface area contributed by atoms with Crippen LogP contribution in [-0.2, 0) is 25.7 Å². The molecule has 2 bridgehead atoms. The molecule has 3 amide bonds. The number of anilines is 1. The second-order valence-electron chi connectivity index (χ2n) is 11.4. The summed E-state index contributed by atoms with van der Waals surface area (Å²) in [5.41, 5.74) is 0.127. The Morgan fingerprint density at radius 3 is 2.71 bits per heavy atom. The highest BCUT2D eigenvalue weighted by molar-refractivity contribution is 6.02. The standard InChI is InChI=1S/C31H33N3O7/c1-38-21-9-5-8-20(15-21)33-28(35)25-23-12-13-31(41-23)26(25)30(37)34(16-18-10-11-22-24(14-18)40-17-39-22)27(31)29(36)32-19-6-3-2-4-7-19/h5,8-15,19,23,25-27H,2-4,6-7,16-17H2,1H3,(H,32,36)(H,33,35)/t23-,25-,26-,27+,31-/m0/s1. The van der Waals surface area contributed by atoms with Crippen molar-refractivity contribution in [2.75, 3.05) is 19.2 Å². The van der Waals surface area contributed by atoms with Gasteiger partial charge in [0.1, 0.15) is 17.4 Å². The summed E-state index contributed by atoms with van der Waals surface area (Å²) in [7, 11) is 1.56. The number of fused-ring (bicyclic) bond motifs is 2. The van der Waals surface area contributed by atoms with Crippen LogP contribution in [-0.4, -0.2) is 60.3 Å². The molecule has 10 nitrogen and oxygen atoms in total. The van der Waals surface area contributed by atoms with E-state index in [-0.39, 0.29) is 37.1 Å². The van der Waals surface area contributed by atoms with E-state index in [0.29, 0.717) is 22.9 Å². The molecular formula is C31H33N3O7. The smallest absolute Gasteiger partial charge is 0.246 e. The Bertz CT molecular complexity index is 1420. The number of benzene rings is 2. The third kappa shape index (κ3) is 4.32. The van der Waals surface area contributed by atoms with E-state index < -0.39 is 29.6 Å². The van der Waals surface area contributed by atoms with Gasteiger partial charge in [-0.1, -0.05) is 43.5 Å². The first kappa shape index (κ1) is 25.9. The number of nitrogens with zero attached hydrogens (tertiary/aromatic N) is 1. The minimum absolute atomic E-state index is 0.0592. The molecule has 1 aliphatic carbocycles. The van der Waals surface area contributed by atoms with Gasteiger partial charge in [0.15, 0.2) is 11.5 Å². The molecule has 5 aliphatic rings. The molecule has 2 aromatic carbocycles. The Morgan fingerprint density at radius 1 is 1.05 bits per heavy atom. The lowest BCUT2D eigenvalue weighted by molar-refractivity contribution is -0.142. The van der Waals surface area contributed by atoms with E-state index in [1.807, 2.05) is 24.3 Å². The van der Waals surface area contributed by atoms with Crippen LogP contribution in [0.2, 0.25) is 0 Å². The summed E-state index contributed by atoms with van der Waals surface area (Å²) in [6.07, 6.45) is 8.17. The van der Waals surface area contributed by atoms with E-state index in [1.54, 1.807) is 42.3 Å². The first-order valence-corrected chi connectivity index (χ1v) is 14.3. The Balaban J connectivity index is 1.21. The fourth-order valence-corrected chi connectivity index (χ4v) is 7.13. The van der Waals surface area contributed by atoms with Crippen molar-refractivity contribution in [2.24, 2.45) is 11.8 Å². The largest absolute Gasteiger partial charge is 0.497 e. The molecule has 4 aliphatic heterocycles. The Hall–Kier alpha value is -4.05. The molecule has 2 N–H and O–H groups in total. The topological polar surface area (TPSA) is 115 Å². The molecule has 214 valence electrons. The van der Waals surface area contributed by atoms with Gasteiger partial charge < -0.3 is 34.5 Å². The predicted molar refractivity (Wildman–Crippen MR) is 147 cm³/mol. The van der Waals surface area contributed by atoms with E-state index in [4.69, 9.17) is 18.9 Å². The number of hydrogen-bond acceptors (Lipinski definition) is 7. The number of amides is 3. The van der Waals surface area contributed by atoms with Gasteiger partial charge in [-0.25, -0.2) is 0 Å². The highest BCUT2D eigenvalue weighted by atomic mass is 16.7. The lowest BCUT2D eigenvalue weighted by Gasteiger charge is -2.34. The minimum atomic E-state index is -1.23. The van der Waals surface area contributed by atoms with Crippen molar-refractivity contribution in [1.29, 1.82) is 0 Å². The van der Waals surface area contributed by atoms with Crippen LogP contribution in [0.25, 0.3) is 0 Å². The zero-order chi connectivity index (χ0) is 28.1. The highest BCUT2D eigenvalue weighted by Gasteiger charge is 2.72. The zero-order valence-electron chi connectivity index (χ0n) is 22.8. The van der Waals surface area contributed by atoms with Crippen molar-refractivity contribution in [3.05, 3.63) is 60.2 Å². The normalized spacial score (nSPS) is 29.5. The third-order valence-corrected chi connectivity index (χ3v) is 9.00. The molecule has 1 saturated carbocycles.